The third-order valence-electron chi connectivity index (χ3n) is 5.63. The molecular formula is C22H23N3O3. The van der Waals surface area contributed by atoms with Crippen molar-refractivity contribution >= 4 is 16.9 Å². The Morgan fingerprint density at radius 3 is 2.75 bits per heavy atom. The number of fused-ring (bicyclic) bond motifs is 2. The van der Waals surface area contributed by atoms with Crippen LogP contribution in [0.2, 0.25) is 0 Å². The summed E-state index contributed by atoms with van der Waals surface area (Å²) >= 11 is 0. The Hall–Kier alpha value is -3.02. The maximum atomic E-state index is 13.3. The molecular weight excluding hydrogens is 354 g/mol. The van der Waals surface area contributed by atoms with Gasteiger partial charge in [0.1, 0.15) is 5.82 Å². The predicted molar refractivity (Wildman–Crippen MR) is 106 cm³/mol. The molecule has 1 aromatic heterocycles. The summed E-state index contributed by atoms with van der Waals surface area (Å²) in [5, 5.41) is 0. The zero-order valence-corrected chi connectivity index (χ0v) is 15.9. The number of rotatable bonds is 2. The first-order valence-electron chi connectivity index (χ1n) is 9.84. The first-order chi connectivity index (χ1) is 13.7. The van der Waals surface area contributed by atoms with Gasteiger partial charge in [0, 0.05) is 25.6 Å². The number of benzene rings is 2. The van der Waals surface area contributed by atoms with E-state index in [0.29, 0.717) is 30.3 Å². The van der Waals surface area contributed by atoms with Crippen LogP contribution in [0, 0.1) is 0 Å². The molecule has 0 unspecified atom stereocenters. The molecule has 3 heterocycles. The molecule has 1 atom stereocenters. The van der Waals surface area contributed by atoms with E-state index in [0.717, 1.165) is 42.7 Å². The molecule has 1 amide bonds. The Kier molecular flexibility index (Phi) is 4.19. The van der Waals surface area contributed by atoms with Crippen molar-refractivity contribution in [3.05, 3.63) is 53.9 Å². The molecule has 5 rings (SSSR count). The third kappa shape index (κ3) is 2.80. The largest absolute Gasteiger partial charge is 0.490 e. The van der Waals surface area contributed by atoms with Crippen LogP contribution in [0.3, 0.4) is 0 Å². The molecule has 0 aliphatic carbocycles. The molecule has 1 fully saturated rings. The van der Waals surface area contributed by atoms with Crippen molar-refractivity contribution in [2.45, 2.75) is 25.3 Å². The summed E-state index contributed by atoms with van der Waals surface area (Å²) < 4.78 is 13.6. The number of aromatic nitrogens is 2. The molecule has 6 nitrogen and oxygen atoms in total. The van der Waals surface area contributed by atoms with Gasteiger partial charge in [0.2, 0.25) is 0 Å². The summed E-state index contributed by atoms with van der Waals surface area (Å²) in [7, 11) is 2.03. The minimum atomic E-state index is -0.0131. The lowest BCUT2D eigenvalue weighted by Gasteiger charge is -2.25. The second-order valence-corrected chi connectivity index (χ2v) is 7.39. The van der Waals surface area contributed by atoms with E-state index in [9.17, 15) is 4.79 Å². The number of hydrogen-bond acceptors (Lipinski definition) is 4. The highest BCUT2D eigenvalue weighted by molar-refractivity contribution is 5.95. The average molecular weight is 377 g/mol. The highest BCUT2D eigenvalue weighted by Gasteiger charge is 2.34. The lowest BCUT2D eigenvalue weighted by molar-refractivity contribution is 0.0728. The van der Waals surface area contributed by atoms with Crippen molar-refractivity contribution in [3.63, 3.8) is 0 Å². The quantitative estimate of drug-likeness (QED) is 0.683. The third-order valence-corrected chi connectivity index (χ3v) is 5.63. The average Bonchev–Trinajstić information content (AvgIpc) is 3.24. The van der Waals surface area contributed by atoms with Crippen LogP contribution in [-0.2, 0) is 7.05 Å². The fourth-order valence-corrected chi connectivity index (χ4v) is 4.20. The van der Waals surface area contributed by atoms with E-state index in [-0.39, 0.29) is 11.9 Å². The second-order valence-electron chi connectivity index (χ2n) is 7.39. The number of hydrogen-bond donors (Lipinski definition) is 0. The monoisotopic (exact) mass is 377 g/mol. The Labute approximate surface area is 163 Å². The number of aryl methyl sites for hydroxylation is 1. The first-order valence-corrected chi connectivity index (χ1v) is 9.84. The zero-order chi connectivity index (χ0) is 19.1. The van der Waals surface area contributed by atoms with Crippen LogP contribution in [-0.4, -0.2) is 40.1 Å². The van der Waals surface area contributed by atoms with Gasteiger partial charge < -0.3 is 18.9 Å². The van der Waals surface area contributed by atoms with Gasteiger partial charge in [-0.25, -0.2) is 4.98 Å². The van der Waals surface area contributed by atoms with Gasteiger partial charge in [-0.1, -0.05) is 12.1 Å². The lowest BCUT2D eigenvalue weighted by atomic mass is 10.1. The topological polar surface area (TPSA) is 56.6 Å². The Bertz CT molecular complexity index is 1040. The van der Waals surface area contributed by atoms with E-state index in [2.05, 4.69) is 10.6 Å². The summed E-state index contributed by atoms with van der Waals surface area (Å²) in [5.74, 6) is 2.33. The highest BCUT2D eigenvalue weighted by Crippen LogP contribution is 2.36. The molecule has 2 aromatic carbocycles. The summed E-state index contributed by atoms with van der Waals surface area (Å²) in [5.41, 5.74) is 2.69. The molecule has 0 saturated carbocycles. The van der Waals surface area contributed by atoms with Gasteiger partial charge in [0.25, 0.3) is 5.91 Å². The predicted octanol–water partition coefficient (Wildman–Crippen LogP) is 3.71. The van der Waals surface area contributed by atoms with Gasteiger partial charge in [0.15, 0.2) is 11.5 Å². The van der Waals surface area contributed by atoms with Crippen molar-refractivity contribution in [2.75, 3.05) is 19.8 Å². The molecule has 1 saturated heterocycles. The van der Waals surface area contributed by atoms with Gasteiger partial charge in [-0.2, -0.15) is 0 Å². The molecule has 0 bridgehead atoms. The summed E-state index contributed by atoms with van der Waals surface area (Å²) in [6.45, 7) is 1.99. The Balaban J connectivity index is 1.47. The SMILES string of the molecule is Cn1c([C@@H]2CCCN2C(=O)c2ccc3c(c2)OCCCO3)nc2ccccc21. The maximum Gasteiger partial charge on any atom is 0.254 e. The van der Waals surface area contributed by atoms with E-state index >= 15 is 0 Å². The number of ether oxygens (including phenoxy) is 2. The van der Waals surface area contributed by atoms with Crippen molar-refractivity contribution in [1.29, 1.82) is 0 Å². The van der Waals surface area contributed by atoms with E-state index in [4.69, 9.17) is 14.5 Å². The van der Waals surface area contributed by atoms with Crippen molar-refractivity contribution < 1.29 is 14.3 Å². The molecule has 3 aromatic rings. The van der Waals surface area contributed by atoms with Crippen LogP contribution in [0.25, 0.3) is 11.0 Å². The van der Waals surface area contributed by atoms with Gasteiger partial charge in [-0.15, -0.1) is 0 Å². The number of nitrogens with zero attached hydrogens (tertiary/aromatic N) is 3. The van der Waals surface area contributed by atoms with Gasteiger partial charge in [-0.3, -0.25) is 4.79 Å². The summed E-state index contributed by atoms with van der Waals surface area (Å²) in [6, 6.07) is 13.6. The highest BCUT2D eigenvalue weighted by atomic mass is 16.5. The van der Waals surface area contributed by atoms with Crippen LogP contribution in [0.4, 0.5) is 0 Å². The molecule has 2 aliphatic heterocycles. The van der Waals surface area contributed by atoms with E-state index < -0.39 is 0 Å². The first kappa shape index (κ1) is 17.1. The zero-order valence-electron chi connectivity index (χ0n) is 15.9. The van der Waals surface area contributed by atoms with Crippen LogP contribution >= 0.6 is 0 Å². The Morgan fingerprint density at radius 1 is 1.07 bits per heavy atom. The second kappa shape index (κ2) is 6.86. The lowest BCUT2D eigenvalue weighted by Crippen LogP contribution is -2.31. The van der Waals surface area contributed by atoms with E-state index in [1.807, 2.05) is 48.3 Å². The minimum Gasteiger partial charge on any atom is -0.490 e. The van der Waals surface area contributed by atoms with E-state index in [1.165, 1.54) is 0 Å². The van der Waals surface area contributed by atoms with Gasteiger partial charge >= 0.3 is 0 Å². The number of para-hydroxylation sites is 2. The standard InChI is InChI=1S/C22H23N3O3/c1-24-17-7-3-2-6-16(17)23-21(24)18-8-4-11-25(18)22(26)15-9-10-19-20(14-15)28-13-5-12-27-19/h2-3,6-7,9-10,14,18H,4-5,8,11-13H2,1H3/t18-/m0/s1. The maximum absolute atomic E-state index is 13.3. The smallest absolute Gasteiger partial charge is 0.254 e. The van der Waals surface area contributed by atoms with Crippen LogP contribution in [0.5, 0.6) is 11.5 Å². The molecule has 2 aliphatic rings. The number of amides is 1. The van der Waals surface area contributed by atoms with Gasteiger partial charge in [-0.05, 0) is 43.2 Å². The van der Waals surface area contributed by atoms with Crippen molar-refractivity contribution in [2.24, 2.45) is 7.05 Å². The fourth-order valence-electron chi connectivity index (χ4n) is 4.20. The molecule has 0 radical (unpaired) electrons. The normalized spacial score (nSPS) is 19.0. The van der Waals surface area contributed by atoms with Crippen molar-refractivity contribution in [3.8, 4) is 11.5 Å². The fraction of sp³-hybridized carbons (Fsp3) is 0.364. The number of likely N-dealkylation sites (tertiary alicyclic amines) is 1. The minimum absolute atomic E-state index is 0.0131. The Morgan fingerprint density at radius 2 is 1.89 bits per heavy atom. The van der Waals surface area contributed by atoms with Crippen LogP contribution in [0.1, 0.15) is 41.5 Å². The van der Waals surface area contributed by atoms with E-state index in [1.54, 1.807) is 0 Å². The molecule has 0 N–H and O–H groups in total. The number of imidazole rings is 1. The van der Waals surface area contributed by atoms with Crippen LogP contribution < -0.4 is 9.47 Å². The van der Waals surface area contributed by atoms with Crippen LogP contribution in [0.15, 0.2) is 42.5 Å². The number of carbonyl (C=O) groups is 1. The molecule has 0 spiro atoms. The molecule has 6 heteroatoms. The van der Waals surface area contributed by atoms with Gasteiger partial charge in [0.05, 0.1) is 30.3 Å². The summed E-state index contributed by atoms with van der Waals surface area (Å²) in [4.78, 5) is 20.1. The van der Waals surface area contributed by atoms with Crippen molar-refractivity contribution in [1.82, 2.24) is 14.5 Å². The summed E-state index contributed by atoms with van der Waals surface area (Å²) in [6.07, 6.45) is 2.75. The number of carbonyl (C=O) groups excluding carboxylic acids is 1. The molecule has 144 valence electrons. The molecule has 28 heavy (non-hydrogen) atoms.